The van der Waals surface area contributed by atoms with Crippen molar-refractivity contribution < 1.29 is 43.2 Å². The van der Waals surface area contributed by atoms with Crippen LogP contribution < -0.4 is 4.72 Å². The molecule has 0 heterocycles. The van der Waals surface area contributed by atoms with Crippen LogP contribution in [0.2, 0.25) is 0 Å². The van der Waals surface area contributed by atoms with Crippen LogP contribution in [0.4, 0.5) is 26.3 Å². The van der Waals surface area contributed by atoms with Crippen molar-refractivity contribution in [3.63, 3.8) is 0 Å². The van der Waals surface area contributed by atoms with Gasteiger partial charge in [0.05, 0.1) is 12.1 Å². The lowest BCUT2D eigenvalue weighted by Crippen LogP contribution is -2.65. The van der Waals surface area contributed by atoms with Crippen LogP contribution in [0.5, 0.6) is 0 Å². The molecule has 0 aromatic carbocycles. The predicted octanol–water partition coefficient (Wildman–Crippen LogP) is 1.36. The van der Waals surface area contributed by atoms with Gasteiger partial charge in [0.15, 0.2) is 0 Å². The molecule has 0 spiro atoms. The van der Waals surface area contributed by atoms with E-state index in [1.807, 2.05) is 0 Å². The molecule has 0 aromatic rings. The molecule has 0 atom stereocenters. The topological polar surface area (TPSA) is 128 Å². The van der Waals surface area contributed by atoms with E-state index in [9.17, 15) is 43.2 Å². The van der Waals surface area contributed by atoms with Gasteiger partial charge in [-0.1, -0.05) is 0 Å². The van der Waals surface area contributed by atoms with E-state index in [-0.39, 0.29) is 0 Å². The van der Waals surface area contributed by atoms with Crippen molar-refractivity contribution in [1.82, 2.24) is 4.72 Å². The Morgan fingerprint density at radius 2 is 1.20 bits per heavy atom. The Balaban J connectivity index is 6.49. The van der Waals surface area contributed by atoms with E-state index in [4.69, 9.17) is 10.5 Å². The van der Waals surface area contributed by atoms with E-state index in [1.165, 1.54) is 0 Å². The van der Waals surface area contributed by atoms with E-state index >= 15 is 0 Å². The van der Waals surface area contributed by atoms with Crippen LogP contribution in [-0.4, -0.2) is 44.1 Å². The minimum atomic E-state index is -7.00. The Morgan fingerprint density at radius 3 is 1.48 bits per heavy atom. The second-order valence-electron chi connectivity index (χ2n) is 5.65. The summed E-state index contributed by atoms with van der Waals surface area (Å²) in [7, 11) is -13.3. The summed E-state index contributed by atoms with van der Waals surface area (Å²) in [4.78, 5) is 0. The van der Waals surface area contributed by atoms with Gasteiger partial charge in [0.2, 0.25) is 5.25 Å². The van der Waals surface area contributed by atoms with Gasteiger partial charge in [0.1, 0.15) is 0 Å². The summed E-state index contributed by atoms with van der Waals surface area (Å²) in [5, 5.41) is -0.254. The molecular formula is C10H11F6N3O4S2. The minimum Gasteiger partial charge on any atom is -0.220 e. The van der Waals surface area contributed by atoms with Gasteiger partial charge in [-0.3, -0.25) is 0 Å². The molecule has 25 heavy (non-hydrogen) atoms. The molecule has 0 bridgehead atoms. The zero-order valence-electron chi connectivity index (χ0n) is 12.7. The maximum Gasteiger partial charge on any atom is 0.428 e. The van der Waals surface area contributed by atoms with Crippen molar-refractivity contribution in [3.8, 4) is 12.1 Å². The summed E-state index contributed by atoms with van der Waals surface area (Å²) in [5.74, 6) is -7.00. The molecule has 0 saturated carbocycles. The number of rotatable bonds is 6. The van der Waals surface area contributed by atoms with E-state index in [2.05, 4.69) is 0 Å². The first-order chi connectivity index (χ1) is 10.7. The van der Waals surface area contributed by atoms with Crippen molar-refractivity contribution in [3.05, 3.63) is 0 Å². The maximum absolute atomic E-state index is 13.7. The summed E-state index contributed by atoms with van der Waals surface area (Å²) in [6.45, 7) is 2.78. The Hall–Kier alpha value is -1.58. The average Bonchev–Trinajstić information content (AvgIpc) is 2.35. The van der Waals surface area contributed by atoms with E-state index in [1.54, 1.807) is 0 Å². The molecule has 1 N–H and O–H groups in total. The largest absolute Gasteiger partial charge is 0.428 e. The van der Waals surface area contributed by atoms with Crippen LogP contribution in [0.15, 0.2) is 0 Å². The molecule has 0 aliphatic carbocycles. The lowest BCUT2D eigenvalue weighted by Gasteiger charge is -2.33. The fourth-order valence-electron chi connectivity index (χ4n) is 1.30. The second-order valence-corrected chi connectivity index (χ2v) is 9.44. The Kier molecular flexibility index (Phi) is 5.90. The summed E-state index contributed by atoms with van der Waals surface area (Å²) in [5.41, 5.74) is -1.80. The summed E-state index contributed by atoms with van der Waals surface area (Å²) >= 11 is 0. The van der Waals surface area contributed by atoms with Gasteiger partial charge in [-0.2, -0.15) is 36.9 Å². The number of halogens is 6. The van der Waals surface area contributed by atoms with Crippen LogP contribution in [0.3, 0.4) is 0 Å². The van der Waals surface area contributed by atoms with Crippen LogP contribution in [-0.2, 0) is 19.9 Å². The highest BCUT2D eigenvalue weighted by Gasteiger charge is 2.82. The molecular weight excluding hydrogens is 404 g/mol. The Bertz CT molecular complexity index is 804. The van der Waals surface area contributed by atoms with Gasteiger partial charge in [0, 0.05) is 5.54 Å². The molecule has 0 rings (SSSR count). The number of hydrogen-bond donors (Lipinski definition) is 1. The van der Waals surface area contributed by atoms with Crippen LogP contribution in [0.25, 0.3) is 0 Å². The number of nitriles is 2. The smallest absolute Gasteiger partial charge is 0.220 e. The fraction of sp³-hybridized carbons (Fsp3) is 0.800. The molecule has 0 aromatic heterocycles. The normalized spacial score (nSPS) is 14.9. The molecule has 15 heteroatoms. The van der Waals surface area contributed by atoms with Crippen molar-refractivity contribution in [2.75, 3.05) is 0 Å². The fourth-order valence-corrected chi connectivity index (χ4v) is 3.82. The molecule has 7 nitrogen and oxygen atoms in total. The molecule has 0 aliphatic heterocycles. The number of sulfone groups is 1. The van der Waals surface area contributed by atoms with Crippen molar-refractivity contribution in [1.29, 1.82) is 10.5 Å². The van der Waals surface area contributed by atoms with Crippen LogP contribution >= 0.6 is 0 Å². The molecule has 144 valence electrons. The lowest BCUT2D eigenvalue weighted by molar-refractivity contribution is -0.244. The second kappa shape index (κ2) is 6.30. The van der Waals surface area contributed by atoms with E-state index in [0.717, 1.165) is 25.5 Å². The van der Waals surface area contributed by atoms with Gasteiger partial charge in [-0.15, -0.1) is 0 Å². The van der Waals surface area contributed by atoms with Crippen LogP contribution in [0.1, 0.15) is 20.8 Å². The average molecular weight is 415 g/mol. The molecule has 0 amide bonds. The van der Waals surface area contributed by atoms with Gasteiger partial charge in [-0.05, 0) is 20.8 Å². The van der Waals surface area contributed by atoms with Crippen LogP contribution in [0, 0.1) is 22.7 Å². The lowest BCUT2D eigenvalue weighted by atomic mass is 10.1. The monoisotopic (exact) mass is 415 g/mol. The zero-order valence-corrected chi connectivity index (χ0v) is 14.3. The highest BCUT2D eigenvalue weighted by Crippen LogP contribution is 2.51. The third kappa shape index (κ3) is 3.68. The molecule has 0 unspecified atom stereocenters. The summed E-state index contributed by atoms with van der Waals surface area (Å²) in [6.07, 6.45) is 0. The van der Waals surface area contributed by atoms with E-state index < -0.39 is 47.1 Å². The SMILES string of the molecule is CC(C)(C)NS(=O)(=O)C(F)(F)C(F)(F)C(F)(F)S(=O)(=O)C(C#N)C#N. The predicted molar refractivity (Wildman–Crippen MR) is 70.6 cm³/mol. The van der Waals surface area contributed by atoms with E-state index in [0.29, 0.717) is 12.1 Å². The first-order valence-electron chi connectivity index (χ1n) is 5.92. The molecule has 0 radical (unpaired) electrons. The summed E-state index contributed by atoms with van der Waals surface area (Å²) < 4.78 is 128. The van der Waals surface area contributed by atoms with Gasteiger partial charge >= 0.3 is 16.4 Å². The quantitative estimate of drug-likeness (QED) is 0.653. The minimum absolute atomic E-state index is 0.426. The van der Waals surface area contributed by atoms with Crippen molar-refractivity contribution >= 4 is 19.9 Å². The third-order valence-corrected chi connectivity index (χ3v) is 6.03. The number of nitrogens with one attached hydrogen (secondary N) is 1. The summed E-state index contributed by atoms with van der Waals surface area (Å²) in [6, 6.07) is 0.853. The zero-order chi connectivity index (χ0) is 20.7. The van der Waals surface area contributed by atoms with Gasteiger partial charge in [-0.25, -0.2) is 21.6 Å². The Labute approximate surface area is 139 Å². The molecule has 0 fully saturated rings. The van der Waals surface area contributed by atoms with Gasteiger partial charge in [0.25, 0.3) is 19.9 Å². The number of alkyl halides is 6. The van der Waals surface area contributed by atoms with Crippen molar-refractivity contribution in [2.45, 2.75) is 48.0 Å². The van der Waals surface area contributed by atoms with Crippen molar-refractivity contribution in [2.24, 2.45) is 0 Å². The third-order valence-electron chi connectivity index (χ3n) is 2.41. The molecule has 0 saturated heterocycles. The first kappa shape index (κ1) is 23.4. The maximum atomic E-state index is 13.7. The highest BCUT2D eigenvalue weighted by molar-refractivity contribution is 7.94. The standard InChI is InChI=1S/C10H11F6N3O4S2/c1-7(2,3)19-25(22,23)10(15,16)8(11,12)9(13,14)24(20,21)6(4-17)5-18/h6,19H,1-3H3. The first-order valence-corrected chi connectivity index (χ1v) is 8.95. The number of sulfonamides is 1. The number of hydrogen-bond acceptors (Lipinski definition) is 6. The Morgan fingerprint density at radius 1 is 0.840 bits per heavy atom. The number of nitrogens with zero attached hydrogens (tertiary/aromatic N) is 2. The molecule has 0 aliphatic rings. The van der Waals surface area contributed by atoms with Gasteiger partial charge < -0.3 is 0 Å². The highest BCUT2D eigenvalue weighted by atomic mass is 32.2.